The van der Waals surface area contributed by atoms with Gasteiger partial charge in [0.1, 0.15) is 12.6 Å². The van der Waals surface area contributed by atoms with Gasteiger partial charge in [-0.2, -0.15) is 0 Å². The molecule has 0 aliphatic carbocycles. The van der Waals surface area contributed by atoms with Crippen LogP contribution < -0.4 is 24.4 Å². The quantitative estimate of drug-likeness (QED) is 0.178. The van der Waals surface area contributed by atoms with Crippen molar-refractivity contribution in [3.05, 3.63) is 142 Å². The largest absolute Gasteiger partial charge is 0.493 e. The molecule has 0 saturated carbocycles. The number of para-hydroxylation sites is 1. The number of hydrogen-bond donors (Lipinski definition) is 0. The molecule has 1 aliphatic heterocycles. The maximum absolute atomic E-state index is 14.2. The Kier molecular flexibility index (Phi) is 8.79. The Morgan fingerprint density at radius 2 is 1.82 bits per heavy atom. The maximum Gasteiger partial charge on any atom is 0.338 e. The SMILES string of the molecule is CCOC(=O)C1=C(c2ccccc2)N=c2s/c(=C\c3cccc(OC)c3OCc3ccc(Cl)cc3)c(=O)n2[C@@H]1c1cccs1. The molecular weight excluding hydrogens is 616 g/mol. The average Bonchev–Trinajstić information content (AvgIpc) is 3.69. The zero-order valence-electron chi connectivity index (χ0n) is 23.9. The van der Waals surface area contributed by atoms with Gasteiger partial charge in [-0.15, -0.1) is 11.3 Å². The number of halogens is 1. The van der Waals surface area contributed by atoms with Crippen LogP contribution in [-0.2, 0) is 16.1 Å². The molecule has 2 aromatic heterocycles. The molecule has 1 aliphatic rings. The number of ether oxygens (including phenoxy) is 3. The number of thiazole rings is 1. The minimum Gasteiger partial charge on any atom is -0.493 e. The fraction of sp³-hybridized carbons (Fsp3) is 0.147. The summed E-state index contributed by atoms with van der Waals surface area (Å²) in [7, 11) is 1.57. The molecule has 7 nitrogen and oxygen atoms in total. The number of esters is 1. The van der Waals surface area contributed by atoms with Crippen molar-refractivity contribution < 1.29 is 19.0 Å². The van der Waals surface area contributed by atoms with E-state index in [0.717, 1.165) is 16.0 Å². The number of methoxy groups -OCH3 is 1. The van der Waals surface area contributed by atoms with Crippen molar-refractivity contribution in [1.82, 2.24) is 4.57 Å². The first-order chi connectivity index (χ1) is 21.5. The molecule has 44 heavy (non-hydrogen) atoms. The van der Waals surface area contributed by atoms with Crippen LogP contribution in [0.5, 0.6) is 11.5 Å². The van der Waals surface area contributed by atoms with Crippen molar-refractivity contribution in [2.45, 2.75) is 19.6 Å². The summed E-state index contributed by atoms with van der Waals surface area (Å²) in [5, 5.41) is 2.57. The van der Waals surface area contributed by atoms with E-state index in [0.29, 0.717) is 42.7 Å². The van der Waals surface area contributed by atoms with E-state index in [9.17, 15) is 9.59 Å². The van der Waals surface area contributed by atoms with Gasteiger partial charge < -0.3 is 14.2 Å². The van der Waals surface area contributed by atoms with E-state index in [1.165, 1.54) is 22.7 Å². The summed E-state index contributed by atoms with van der Waals surface area (Å²) in [6, 6.07) is 25.5. The highest BCUT2D eigenvalue weighted by molar-refractivity contribution is 7.10. The third-order valence-electron chi connectivity index (χ3n) is 7.00. The van der Waals surface area contributed by atoms with Crippen LogP contribution in [0.1, 0.15) is 34.5 Å². The van der Waals surface area contributed by atoms with Gasteiger partial charge in [-0.1, -0.05) is 83.6 Å². The minimum absolute atomic E-state index is 0.195. The van der Waals surface area contributed by atoms with Crippen LogP contribution in [0.3, 0.4) is 0 Å². The van der Waals surface area contributed by atoms with Gasteiger partial charge in [0.2, 0.25) is 0 Å². The van der Waals surface area contributed by atoms with Crippen molar-refractivity contribution in [2.75, 3.05) is 13.7 Å². The molecule has 5 aromatic rings. The van der Waals surface area contributed by atoms with Gasteiger partial charge in [-0.25, -0.2) is 9.79 Å². The van der Waals surface area contributed by atoms with Crippen molar-refractivity contribution >= 4 is 52.0 Å². The Morgan fingerprint density at radius 3 is 2.52 bits per heavy atom. The number of carbonyl (C=O) groups excluding carboxylic acids is 1. The van der Waals surface area contributed by atoms with Crippen LogP contribution in [0.4, 0.5) is 0 Å². The van der Waals surface area contributed by atoms with E-state index >= 15 is 0 Å². The van der Waals surface area contributed by atoms with Crippen LogP contribution in [0.25, 0.3) is 11.8 Å². The van der Waals surface area contributed by atoms with Crippen molar-refractivity contribution in [3.63, 3.8) is 0 Å². The zero-order valence-corrected chi connectivity index (χ0v) is 26.2. The molecule has 222 valence electrons. The lowest BCUT2D eigenvalue weighted by Crippen LogP contribution is -2.39. The molecule has 0 bridgehead atoms. The van der Waals surface area contributed by atoms with Gasteiger partial charge in [0, 0.05) is 21.0 Å². The second kappa shape index (κ2) is 13.1. The van der Waals surface area contributed by atoms with E-state index in [1.807, 2.05) is 90.3 Å². The number of carbonyl (C=O) groups is 1. The highest BCUT2D eigenvalue weighted by Crippen LogP contribution is 2.37. The smallest absolute Gasteiger partial charge is 0.338 e. The number of rotatable bonds is 9. The molecule has 1 atom stereocenters. The number of hydrogen-bond acceptors (Lipinski definition) is 8. The number of nitrogens with zero attached hydrogens (tertiary/aromatic N) is 2. The first-order valence-corrected chi connectivity index (χ1v) is 15.9. The normalized spacial score (nSPS) is 14.6. The van der Waals surface area contributed by atoms with E-state index in [2.05, 4.69) is 0 Å². The highest BCUT2D eigenvalue weighted by Gasteiger charge is 2.35. The van der Waals surface area contributed by atoms with E-state index in [4.69, 9.17) is 30.8 Å². The summed E-state index contributed by atoms with van der Waals surface area (Å²) < 4.78 is 19.4. The van der Waals surface area contributed by atoms with Crippen LogP contribution in [-0.4, -0.2) is 24.3 Å². The van der Waals surface area contributed by atoms with Crippen molar-refractivity contribution in [3.8, 4) is 11.5 Å². The molecule has 0 spiro atoms. The number of aromatic nitrogens is 1. The molecule has 3 heterocycles. The summed E-state index contributed by atoms with van der Waals surface area (Å²) in [4.78, 5) is 33.9. The van der Waals surface area contributed by atoms with Gasteiger partial charge in [0.25, 0.3) is 5.56 Å². The van der Waals surface area contributed by atoms with Crippen LogP contribution >= 0.6 is 34.3 Å². The molecule has 10 heteroatoms. The second-order valence-electron chi connectivity index (χ2n) is 9.74. The first kappa shape index (κ1) is 29.6. The Hall–Kier alpha value is -4.44. The topological polar surface area (TPSA) is 79.1 Å². The fourth-order valence-corrected chi connectivity index (χ4v) is 6.94. The lowest BCUT2D eigenvalue weighted by molar-refractivity contribution is -0.138. The second-order valence-corrected chi connectivity index (χ2v) is 12.2. The van der Waals surface area contributed by atoms with Gasteiger partial charge in [0.05, 0.1) is 29.5 Å². The predicted octanol–water partition coefficient (Wildman–Crippen LogP) is 6.24. The summed E-state index contributed by atoms with van der Waals surface area (Å²) >= 11 is 8.77. The van der Waals surface area contributed by atoms with Gasteiger partial charge in [-0.3, -0.25) is 9.36 Å². The van der Waals surface area contributed by atoms with E-state index in [-0.39, 0.29) is 18.8 Å². The Balaban J connectivity index is 1.52. The lowest BCUT2D eigenvalue weighted by Gasteiger charge is -2.24. The molecule has 0 N–H and O–H groups in total. The highest BCUT2D eigenvalue weighted by atomic mass is 35.5. The Bertz CT molecular complexity index is 2010. The number of thiophene rings is 1. The first-order valence-electron chi connectivity index (χ1n) is 13.8. The van der Waals surface area contributed by atoms with Crippen LogP contribution in [0.2, 0.25) is 5.02 Å². The molecular formula is C34H27ClN2O5S2. The molecule has 0 saturated heterocycles. The van der Waals surface area contributed by atoms with Crippen molar-refractivity contribution in [2.24, 2.45) is 4.99 Å². The van der Waals surface area contributed by atoms with E-state index in [1.54, 1.807) is 24.7 Å². The summed E-state index contributed by atoms with van der Waals surface area (Å²) in [6.45, 7) is 2.23. The standard InChI is InChI=1S/C34H27ClN2O5S2/c1-3-41-33(39)28-29(22-9-5-4-6-10-22)36-34-37(30(28)26-13-8-18-43-26)32(38)27(44-34)19-23-11-7-12-25(40-2)31(23)42-20-21-14-16-24(35)17-15-21/h4-19,30H,3,20H2,1-2H3/b27-19-/t30-/m1/s1. The maximum atomic E-state index is 14.2. The van der Waals surface area contributed by atoms with Crippen molar-refractivity contribution in [1.29, 1.82) is 0 Å². The minimum atomic E-state index is -0.700. The average molecular weight is 643 g/mol. The molecule has 0 fully saturated rings. The monoisotopic (exact) mass is 642 g/mol. The fourth-order valence-electron chi connectivity index (χ4n) is 5.00. The van der Waals surface area contributed by atoms with Gasteiger partial charge >= 0.3 is 5.97 Å². The lowest BCUT2D eigenvalue weighted by atomic mass is 9.97. The summed E-state index contributed by atoms with van der Waals surface area (Å²) in [6.07, 6.45) is 1.78. The Labute approximate surface area is 266 Å². The molecule has 0 radical (unpaired) electrons. The molecule has 3 aromatic carbocycles. The number of fused-ring (bicyclic) bond motifs is 1. The van der Waals surface area contributed by atoms with Crippen LogP contribution in [0, 0.1) is 0 Å². The zero-order chi connectivity index (χ0) is 30.6. The van der Waals surface area contributed by atoms with Gasteiger partial charge in [0.15, 0.2) is 16.3 Å². The van der Waals surface area contributed by atoms with Gasteiger partial charge in [-0.05, 0) is 48.2 Å². The van der Waals surface area contributed by atoms with Crippen LogP contribution in [0.15, 0.2) is 106 Å². The van der Waals surface area contributed by atoms with E-state index < -0.39 is 12.0 Å². The number of benzene rings is 3. The molecule has 0 unspecified atom stereocenters. The summed E-state index contributed by atoms with van der Waals surface area (Å²) in [5.74, 6) is 0.532. The Morgan fingerprint density at radius 1 is 1.02 bits per heavy atom. The molecule has 6 rings (SSSR count). The third-order valence-corrected chi connectivity index (χ3v) is 9.16. The predicted molar refractivity (Wildman–Crippen MR) is 174 cm³/mol. The third kappa shape index (κ3) is 5.86. The molecule has 0 amide bonds. The summed E-state index contributed by atoms with van der Waals surface area (Å²) in [5.41, 5.74) is 2.91.